The lowest BCUT2D eigenvalue weighted by Gasteiger charge is -2.29. The molecule has 0 amide bonds. The molecule has 2 aliphatic heterocycles. The minimum atomic E-state index is -1.06. The van der Waals surface area contributed by atoms with Gasteiger partial charge in [0.05, 0.1) is 24.1 Å². The Bertz CT molecular complexity index is 667. The number of hydrogen-bond donors (Lipinski definition) is 1. The topological polar surface area (TPSA) is 59.9 Å². The Morgan fingerprint density at radius 2 is 1.80 bits per heavy atom. The van der Waals surface area contributed by atoms with Gasteiger partial charge in [-0.1, -0.05) is 24.3 Å². The van der Waals surface area contributed by atoms with Crippen LogP contribution in [0.3, 0.4) is 0 Å². The maximum absolute atomic E-state index is 12.3. The van der Waals surface area contributed by atoms with E-state index in [0.29, 0.717) is 17.0 Å². The molecule has 2 atom stereocenters. The Morgan fingerprint density at radius 3 is 2.50 bits per heavy atom. The van der Waals surface area contributed by atoms with E-state index < -0.39 is 5.91 Å². The van der Waals surface area contributed by atoms with Crippen molar-refractivity contribution in [3.05, 3.63) is 41.1 Å². The SMILES string of the molecule is CC1OC2(C=NC3=C(N2)c2ccccc2C3=O)OC1C. The zero-order valence-electron chi connectivity index (χ0n) is 11.2. The van der Waals surface area contributed by atoms with Crippen molar-refractivity contribution in [3.8, 4) is 0 Å². The molecular formula is C15H14N2O3. The van der Waals surface area contributed by atoms with E-state index in [1.54, 1.807) is 0 Å². The Morgan fingerprint density at radius 1 is 1.15 bits per heavy atom. The van der Waals surface area contributed by atoms with Crippen LogP contribution in [0.2, 0.25) is 0 Å². The van der Waals surface area contributed by atoms with E-state index in [1.165, 1.54) is 6.21 Å². The van der Waals surface area contributed by atoms with Gasteiger partial charge in [-0.2, -0.15) is 0 Å². The summed E-state index contributed by atoms with van der Waals surface area (Å²) in [5.74, 6) is -1.12. The number of carbonyl (C=O) groups is 1. The second-order valence-corrected chi connectivity index (χ2v) is 5.29. The van der Waals surface area contributed by atoms with Gasteiger partial charge in [-0.05, 0) is 13.8 Å². The molecule has 0 radical (unpaired) electrons. The van der Waals surface area contributed by atoms with E-state index >= 15 is 0 Å². The van der Waals surface area contributed by atoms with Crippen LogP contribution in [0, 0.1) is 0 Å². The van der Waals surface area contributed by atoms with Crippen molar-refractivity contribution < 1.29 is 14.3 Å². The summed E-state index contributed by atoms with van der Waals surface area (Å²) in [6.45, 7) is 3.90. The van der Waals surface area contributed by atoms with E-state index in [0.717, 1.165) is 5.56 Å². The molecule has 5 nitrogen and oxygen atoms in total. The zero-order valence-corrected chi connectivity index (χ0v) is 11.2. The van der Waals surface area contributed by atoms with Gasteiger partial charge in [0.25, 0.3) is 5.91 Å². The monoisotopic (exact) mass is 270 g/mol. The summed E-state index contributed by atoms with van der Waals surface area (Å²) in [7, 11) is 0. The first-order valence-corrected chi connectivity index (χ1v) is 6.67. The first-order valence-electron chi connectivity index (χ1n) is 6.67. The smallest absolute Gasteiger partial charge is 0.289 e. The number of ketones is 1. The van der Waals surface area contributed by atoms with E-state index in [4.69, 9.17) is 9.47 Å². The molecule has 0 aromatic heterocycles. The quantitative estimate of drug-likeness (QED) is 0.779. The molecule has 1 aromatic carbocycles. The van der Waals surface area contributed by atoms with Gasteiger partial charge in [-0.15, -0.1) is 0 Å². The van der Waals surface area contributed by atoms with Crippen molar-refractivity contribution in [1.82, 2.24) is 5.32 Å². The summed E-state index contributed by atoms with van der Waals surface area (Å²) in [5, 5.41) is 3.20. The maximum atomic E-state index is 12.3. The number of nitrogens with zero attached hydrogens (tertiary/aromatic N) is 1. The first kappa shape index (κ1) is 11.8. The highest BCUT2D eigenvalue weighted by molar-refractivity contribution is 6.21. The van der Waals surface area contributed by atoms with Crippen LogP contribution in [0.15, 0.2) is 35.0 Å². The summed E-state index contributed by atoms with van der Waals surface area (Å²) in [6.07, 6.45) is 1.46. The molecule has 1 aliphatic carbocycles. The van der Waals surface area contributed by atoms with Gasteiger partial charge in [0, 0.05) is 11.1 Å². The lowest BCUT2D eigenvalue weighted by Crippen LogP contribution is -2.49. The molecule has 2 unspecified atom stereocenters. The van der Waals surface area contributed by atoms with Crippen LogP contribution >= 0.6 is 0 Å². The molecule has 4 rings (SSSR count). The van der Waals surface area contributed by atoms with Gasteiger partial charge in [0.15, 0.2) is 0 Å². The van der Waals surface area contributed by atoms with Crippen LogP contribution in [0.1, 0.15) is 29.8 Å². The molecule has 3 aliphatic rings. The predicted octanol–water partition coefficient (Wildman–Crippen LogP) is 1.70. The summed E-state index contributed by atoms with van der Waals surface area (Å²) in [6, 6.07) is 7.46. The molecule has 1 saturated heterocycles. The van der Waals surface area contributed by atoms with Crippen molar-refractivity contribution >= 4 is 17.7 Å². The van der Waals surface area contributed by atoms with E-state index in [2.05, 4.69) is 10.3 Å². The van der Waals surface area contributed by atoms with Crippen LogP contribution in [0.4, 0.5) is 0 Å². The minimum absolute atomic E-state index is 0.0385. The van der Waals surface area contributed by atoms with Crippen LogP contribution in [0.25, 0.3) is 5.70 Å². The second-order valence-electron chi connectivity index (χ2n) is 5.29. The number of hydrogen-bond acceptors (Lipinski definition) is 5. The largest absolute Gasteiger partial charge is 0.327 e. The van der Waals surface area contributed by atoms with E-state index in [-0.39, 0.29) is 18.0 Å². The fraction of sp³-hybridized carbons (Fsp3) is 0.333. The molecule has 5 heteroatoms. The zero-order chi connectivity index (χ0) is 13.9. The third-order valence-corrected chi connectivity index (χ3v) is 3.94. The number of allylic oxidation sites excluding steroid dienone is 1. The first-order chi connectivity index (χ1) is 9.60. The number of benzene rings is 1. The highest BCUT2D eigenvalue weighted by atomic mass is 16.8. The van der Waals surface area contributed by atoms with E-state index in [1.807, 2.05) is 38.1 Å². The lowest BCUT2D eigenvalue weighted by molar-refractivity contribution is -0.126. The highest BCUT2D eigenvalue weighted by Crippen LogP contribution is 2.38. The molecule has 1 aromatic rings. The molecular weight excluding hydrogens is 256 g/mol. The normalized spacial score (nSPS) is 34.4. The van der Waals surface area contributed by atoms with Crippen molar-refractivity contribution in [2.75, 3.05) is 0 Å². The summed E-state index contributed by atoms with van der Waals surface area (Å²) >= 11 is 0. The van der Waals surface area contributed by atoms with Crippen LogP contribution < -0.4 is 5.32 Å². The number of nitrogens with one attached hydrogen (secondary N) is 1. The average molecular weight is 270 g/mol. The number of rotatable bonds is 0. The molecule has 102 valence electrons. The number of Topliss-reactive ketones (excluding diaryl/α,β-unsaturated/α-hetero) is 1. The number of ether oxygens (including phenoxy) is 2. The van der Waals surface area contributed by atoms with Gasteiger partial charge in [-0.25, -0.2) is 4.99 Å². The van der Waals surface area contributed by atoms with Gasteiger partial charge >= 0.3 is 0 Å². The molecule has 1 fully saturated rings. The molecule has 2 heterocycles. The highest BCUT2D eigenvalue weighted by Gasteiger charge is 2.48. The van der Waals surface area contributed by atoms with Crippen LogP contribution in [-0.2, 0) is 9.47 Å². The third kappa shape index (κ3) is 1.44. The predicted molar refractivity (Wildman–Crippen MR) is 73.1 cm³/mol. The van der Waals surface area contributed by atoms with Gasteiger partial charge < -0.3 is 14.8 Å². The molecule has 20 heavy (non-hydrogen) atoms. The standard InChI is InChI=1S/C15H14N2O3/c1-8-9(2)20-15(19-8)7-16-13-12(17-15)10-5-3-4-6-11(10)14(13)18/h3-9,17H,1-2H3. The van der Waals surface area contributed by atoms with Crippen molar-refractivity contribution in [1.29, 1.82) is 0 Å². The van der Waals surface area contributed by atoms with Gasteiger partial charge in [-0.3, -0.25) is 4.79 Å². The number of carbonyl (C=O) groups excluding carboxylic acids is 1. The Kier molecular flexibility index (Phi) is 2.23. The number of fused-ring (bicyclic) bond motifs is 2. The Hall–Kier alpha value is -1.98. The Balaban J connectivity index is 1.77. The fourth-order valence-corrected chi connectivity index (χ4v) is 2.77. The van der Waals surface area contributed by atoms with E-state index in [9.17, 15) is 4.79 Å². The molecule has 0 saturated carbocycles. The minimum Gasteiger partial charge on any atom is -0.327 e. The number of aliphatic imine (C=N–C) groups is 1. The maximum Gasteiger partial charge on any atom is 0.289 e. The van der Waals surface area contributed by atoms with Crippen molar-refractivity contribution in [3.63, 3.8) is 0 Å². The van der Waals surface area contributed by atoms with Crippen molar-refractivity contribution in [2.24, 2.45) is 4.99 Å². The summed E-state index contributed by atoms with van der Waals surface area (Å²) in [5.41, 5.74) is 2.63. The lowest BCUT2D eigenvalue weighted by atomic mass is 10.1. The van der Waals surface area contributed by atoms with Gasteiger partial charge in [0.2, 0.25) is 5.78 Å². The van der Waals surface area contributed by atoms with Crippen LogP contribution in [0.5, 0.6) is 0 Å². The Labute approximate surface area is 116 Å². The molecule has 1 spiro atoms. The second kappa shape index (κ2) is 3.77. The van der Waals surface area contributed by atoms with Crippen molar-refractivity contribution in [2.45, 2.75) is 32.0 Å². The average Bonchev–Trinajstić information content (AvgIpc) is 2.87. The van der Waals surface area contributed by atoms with Gasteiger partial charge in [0.1, 0.15) is 5.70 Å². The van der Waals surface area contributed by atoms with Crippen LogP contribution in [-0.4, -0.2) is 30.1 Å². The summed E-state index contributed by atoms with van der Waals surface area (Å²) in [4.78, 5) is 16.6. The third-order valence-electron chi connectivity index (χ3n) is 3.94. The fourth-order valence-electron chi connectivity index (χ4n) is 2.77. The molecule has 1 N–H and O–H groups in total. The summed E-state index contributed by atoms with van der Waals surface area (Å²) < 4.78 is 11.7. The molecule has 0 bridgehead atoms.